The van der Waals surface area contributed by atoms with Crippen molar-refractivity contribution in [3.63, 3.8) is 0 Å². The minimum Gasteiger partial charge on any atom is -0.354 e. The lowest BCUT2D eigenvalue weighted by Crippen LogP contribution is -2.44. The van der Waals surface area contributed by atoms with Crippen molar-refractivity contribution in [3.05, 3.63) is 21.2 Å². The highest BCUT2D eigenvalue weighted by atomic mass is 79.9. The summed E-state index contributed by atoms with van der Waals surface area (Å²) in [6.07, 6.45) is 4.31. The third kappa shape index (κ3) is 2.76. The van der Waals surface area contributed by atoms with Crippen LogP contribution in [0, 0.1) is 0 Å². The van der Waals surface area contributed by atoms with Gasteiger partial charge in [0.2, 0.25) is 0 Å². The maximum Gasteiger partial charge on any atom is 0.142 e. The van der Waals surface area contributed by atoms with E-state index in [2.05, 4.69) is 54.1 Å². The van der Waals surface area contributed by atoms with Crippen LogP contribution in [0.25, 0.3) is 0 Å². The van der Waals surface area contributed by atoms with Crippen LogP contribution in [0.4, 0.5) is 5.82 Å². The highest BCUT2D eigenvalue weighted by Crippen LogP contribution is 2.28. The first-order valence-corrected chi connectivity index (χ1v) is 7.01. The lowest BCUT2D eigenvalue weighted by atomic mass is 10.1. The summed E-state index contributed by atoms with van der Waals surface area (Å²) >= 11 is 6.98. The molecule has 1 aromatic heterocycles. The molecule has 1 aromatic rings. The molecule has 1 aliphatic rings. The molecule has 1 atom stereocenters. The Labute approximate surface area is 113 Å². The van der Waals surface area contributed by atoms with E-state index in [0.29, 0.717) is 6.04 Å². The SMILES string of the molecule is CN(c1ncc(Br)cc1Br)C1CCCNC1. The lowest BCUT2D eigenvalue weighted by molar-refractivity contribution is 0.443. The van der Waals surface area contributed by atoms with Gasteiger partial charge in [0.15, 0.2) is 0 Å². The molecule has 0 aliphatic carbocycles. The van der Waals surface area contributed by atoms with E-state index in [1.54, 1.807) is 0 Å². The van der Waals surface area contributed by atoms with E-state index in [-0.39, 0.29) is 0 Å². The first kappa shape index (κ1) is 12.3. The highest BCUT2D eigenvalue weighted by Gasteiger charge is 2.20. The second kappa shape index (κ2) is 5.47. The Morgan fingerprint density at radius 3 is 2.94 bits per heavy atom. The molecule has 2 heterocycles. The highest BCUT2D eigenvalue weighted by molar-refractivity contribution is 9.11. The molecule has 0 spiro atoms. The molecule has 1 N–H and O–H groups in total. The van der Waals surface area contributed by atoms with E-state index in [4.69, 9.17) is 0 Å². The van der Waals surface area contributed by atoms with Gasteiger partial charge in [-0.05, 0) is 57.3 Å². The second-order valence-corrected chi connectivity index (χ2v) is 5.84. The summed E-state index contributed by atoms with van der Waals surface area (Å²) < 4.78 is 2.04. The van der Waals surface area contributed by atoms with Crippen LogP contribution in [0.2, 0.25) is 0 Å². The third-order valence-electron chi connectivity index (χ3n) is 2.94. The largest absolute Gasteiger partial charge is 0.354 e. The number of hydrogen-bond acceptors (Lipinski definition) is 3. The summed E-state index contributed by atoms with van der Waals surface area (Å²) in [6, 6.07) is 2.58. The van der Waals surface area contributed by atoms with Gasteiger partial charge in [0.1, 0.15) is 5.82 Å². The average Bonchev–Trinajstić information content (AvgIpc) is 2.29. The van der Waals surface area contributed by atoms with Crippen LogP contribution in [0.5, 0.6) is 0 Å². The number of anilines is 1. The molecule has 1 unspecified atom stereocenters. The van der Waals surface area contributed by atoms with Crippen molar-refractivity contribution in [3.8, 4) is 0 Å². The first-order valence-electron chi connectivity index (χ1n) is 5.43. The molecule has 5 heteroatoms. The molecule has 0 saturated carbocycles. The fourth-order valence-electron chi connectivity index (χ4n) is 2.00. The van der Waals surface area contributed by atoms with Crippen molar-refractivity contribution >= 4 is 37.7 Å². The van der Waals surface area contributed by atoms with Crippen LogP contribution in [0.1, 0.15) is 12.8 Å². The van der Waals surface area contributed by atoms with Gasteiger partial charge in [-0.2, -0.15) is 0 Å². The first-order chi connectivity index (χ1) is 7.68. The monoisotopic (exact) mass is 347 g/mol. The number of piperidine rings is 1. The molecule has 0 radical (unpaired) electrons. The maximum absolute atomic E-state index is 4.46. The number of halogens is 2. The number of nitrogens with zero attached hydrogens (tertiary/aromatic N) is 2. The van der Waals surface area contributed by atoms with E-state index in [1.165, 1.54) is 12.8 Å². The number of nitrogens with one attached hydrogen (secondary N) is 1. The molecule has 16 heavy (non-hydrogen) atoms. The summed E-state index contributed by atoms with van der Waals surface area (Å²) in [5.41, 5.74) is 0. The average molecular weight is 349 g/mol. The smallest absolute Gasteiger partial charge is 0.142 e. The topological polar surface area (TPSA) is 28.2 Å². The summed E-state index contributed by atoms with van der Waals surface area (Å²) in [4.78, 5) is 6.71. The van der Waals surface area contributed by atoms with Gasteiger partial charge in [0.05, 0.1) is 4.47 Å². The van der Waals surface area contributed by atoms with Gasteiger partial charge in [-0.3, -0.25) is 0 Å². The quantitative estimate of drug-likeness (QED) is 0.890. The fourth-order valence-corrected chi connectivity index (χ4v) is 3.27. The molecule has 0 amide bonds. The predicted molar refractivity (Wildman–Crippen MR) is 73.9 cm³/mol. The number of likely N-dealkylation sites (N-methyl/N-ethyl adjacent to an activating group) is 1. The van der Waals surface area contributed by atoms with E-state index >= 15 is 0 Å². The van der Waals surface area contributed by atoms with Gasteiger partial charge in [-0.15, -0.1) is 0 Å². The van der Waals surface area contributed by atoms with Gasteiger partial charge in [-0.25, -0.2) is 4.98 Å². The molecule has 1 fully saturated rings. The standard InChI is InChI=1S/C11H15Br2N3/c1-16(9-3-2-4-14-7-9)11-10(13)5-8(12)6-15-11/h5-6,9,14H,2-4,7H2,1H3. The lowest BCUT2D eigenvalue weighted by Gasteiger charge is -2.33. The van der Waals surface area contributed by atoms with Crippen molar-refractivity contribution in [2.75, 3.05) is 25.0 Å². The van der Waals surface area contributed by atoms with E-state index < -0.39 is 0 Å². The third-order valence-corrected chi connectivity index (χ3v) is 3.96. The Morgan fingerprint density at radius 2 is 2.31 bits per heavy atom. The predicted octanol–water partition coefficient (Wildman–Crippen LogP) is 2.79. The summed E-state index contributed by atoms with van der Waals surface area (Å²) in [5, 5.41) is 3.42. The van der Waals surface area contributed by atoms with Crippen LogP contribution >= 0.6 is 31.9 Å². The van der Waals surface area contributed by atoms with Crippen LogP contribution in [0.3, 0.4) is 0 Å². The number of aromatic nitrogens is 1. The molecular weight excluding hydrogens is 334 g/mol. The Balaban J connectivity index is 2.15. The van der Waals surface area contributed by atoms with Gasteiger partial charge in [-0.1, -0.05) is 0 Å². The molecule has 2 rings (SSSR count). The van der Waals surface area contributed by atoms with Crippen LogP contribution in [0.15, 0.2) is 21.2 Å². The summed E-state index contributed by atoms with van der Waals surface area (Å²) in [7, 11) is 2.11. The van der Waals surface area contributed by atoms with Crippen molar-refractivity contribution in [1.82, 2.24) is 10.3 Å². The zero-order valence-electron chi connectivity index (χ0n) is 9.21. The normalized spacial score (nSPS) is 20.8. The van der Waals surface area contributed by atoms with Crippen LogP contribution < -0.4 is 10.2 Å². The maximum atomic E-state index is 4.46. The molecule has 3 nitrogen and oxygen atoms in total. The van der Waals surface area contributed by atoms with E-state index in [0.717, 1.165) is 27.9 Å². The molecule has 0 aromatic carbocycles. The number of pyridine rings is 1. The summed E-state index contributed by atoms with van der Waals surface area (Å²) in [6.45, 7) is 2.18. The zero-order valence-corrected chi connectivity index (χ0v) is 12.4. The van der Waals surface area contributed by atoms with Gasteiger partial charge in [0.25, 0.3) is 0 Å². The zero-order chi connectivity index (χ0) is 11.5. The Hall–Kier alpha value is -0.130. The minimum atomic E-state index is 0.540. The van der Waals surface area contributed by atoms with Crippen LogP contribution in [-0.4, -0.2) is 31.2 Å². The number of hydrogen-bond donors (Lipinski definition) is 1. The van der Waals surface area contributed by atoms with Crippen LogP contribution in [-0.2, 0) is 0 Å². The second-order valence-electron chi connectivity index (χ2n) is 4.07. The van der Waals surface area contributed by atoms with E-state index in [9.17, 15) is 0 Å². The Morgan fingerprint density at radius 1 is 1.50 bits per heavy atom. The minimum absolute atomic E-state index is 0.540. The van der Waals surface area contributed by atoms with E-state index in [1.807, 2.05) is 12.3 Å². The summed E-state index contributed by atoms with van der Waals surface area (Å²) in [5.74, 6) is 1.01. The van der Waals surface area contributed by atoms with Crippen molar-refractivity contribution < 1.29 is 0 Å². The molecule has 88 valence electrons. The van der Waals surface area contributed by atoms with Crippen molar-refractivity contribution in [1.29, 1.82) is 0 Å². The Kier molecular flexibility index (Phi) is 4.21. The van der Waals surface area contributed by atoms with Gasteiger partial charge < -0.3 is 10.2 Å². The fraction of sp³-hybridized carbons (Fsp3) is 0.545. The van der Waals surface area contributed by atoms with Gasteiger partial charge >= 0.3 is 0 Å². The van der Waals surface area contributed by atoms with Crippen molar-refractivity contribution in [2.45, 2.75) is 18.9 Å². The van der Waals surface area contributed by atoms with Gasteiger partial charge in [0, 0.05) is 30.3 Å². The van der Waals surface area contributed by atoms with Crippen molar-refractivity contribution in [2.24, 2.45) is 0 Å². The molecule has 1 saturated heterocycles. The number of rotatable bonds is 2. The molecular formula is C11H15Br2N3. The molecule has 1 aliphatic heterocycles. The molecule has 0 bridgehead atoms. The Bertz CT molecular complexity index is 364.